The van der Waals surface area contributed by atoms with Crippen molar-refractivity contribution in [3.63, 3.8) is 0 Å². The molecule has 142 valence electrons. The number of carbonyl (C=O) groups excluding carboxylic acids is 1. The fourth-order valence-electron chi connectivity index (χ4n) is 3.46. The summed E-state index contributed by atoms with van der Waals surface area (Å²) in [6, 6.07) is 7.51. The van der Waals surface area contributed by atoms with Crippen LogP contribution in [0.3, 0.4) is 0 Å². The minimum Gasteiger partial charge on any atom is -0.497 e. The lowest BCUT2D eigenvalue weighted by molar-refractivity contribution is -0.179. The van der Waals surface area contributed by atoms with E-state index in [2.05, 4.69) is 0 Å². The lowest BCUT2D eigenvalue weighted by Gasteiger charge is -2.45. The highest BCUT2D eigenvalue weighted by Crippen LogP contribution is 2.50. The van der Waals surface area contributed by atoms with Gasteiger partial charge in [0.2, 0.25) is 18.2 Å². The summed E-state index contributed by atoms with van der Waals surface area (Å²) in [4.78, 5) is 13.2. The Morgan fingerprint density at radius 1 is 0.963 bits per heavy atom. The van der Waals surface area contributed by atoms with E-state index in [0.29, 0.717) is 17.2 Å². The summed E-state index contributed by atoms with van der Waals surface area (Å²) in [7, 11) is 4.36. The van der Waals surface area contributed by atoms with Crippen molar-refractivity contribution in [2.45, 2.75) is 18.0 Å². The summed E-state index contributed by atoms with van der Waals surface area (Å²) in [5, 5.41) is 21.8. The van der Waals surface area contributed by atoms with Crippen LogP contribution in [0.1, 0.15) is 15.9 Å². The third-order valence-corrected chi connectivity index (χ3v) is 4.85. The Balaban J connectivity index is 1.92. The van der Waals surface area contributed by atoms with Gasteiger partial charge in [0.1, 0.15) is 17.2 Å². The van der Waals surface area contributed by atoms with Gasteiger partial charge in [0.05, 0.1) is 26.9 Å². The quantitative estimate of drug-likeness (QED) is 0.828. The maximum absolute atomic E-state index is 13.2. The highest BCUT2D eigenvalue weighted by molar-refractivity contribution is 6.07. The number of benzene rings is 2. The molecule has 0 amide bonds. The van der Waals surface area contributed by atoms with Gasteiger partial charge >= 0.3 is 0 Å². The summed E-state index contributed by atoms with van der Waals surface area (Å²) in [6.45, 7) is 0. The van der Waals surface area contributed by atoms with E-state index in [1.54, 1.807) is 6.07 Å². The van der Waals surface area contributed by atoms with Crippen molar-refractivity contribution in [2.75, 3.05) is 21.3 Å². The second-order valence-corrected chi connectivity index (χ2v) is 6.21. The summed E-state index contributed by atoms with van der Waals surface area (Å²) in [5.74, 6) is 0.794. The van der Waals surface area contributed by atoms with E-state index in [4.69, 9.17) is 23.7 Å². The minimum atomic E-state index is -2.16. The Bertz CT molecular complexity index is 924. The van der Waals surface area contributed by atoms with E-state index >= 15 is 0 Å². The second kappa shape index (κ2) is 6.04. The molecule has 3 atom stereocenters. The fraction of sp³-hybridized carbons (Fsp3) is 0.316. The van der Waals surface area contributed by atoms with Gasteiger partial charge in [-0.3, -0.25) is 4.79 Å². The first-order valence-electron chi connectivity index (χ1n) is 8.17. The van der Waals surface area contributed by atoms with Gasteiger partial charge < -0.3 is 33.9 Å². The van der Waals surface area contributed by atoms with E-state index in [0.717, 1.165) is 0 Å². The molecule has 0 radical (unpaired) electrons. The van der Waals surface area contributed by atoms with E-state index < -0.39 is 23.8 Å². The smallest absolute Gasteiger partial charge is 0.238 e. The molecule has 2 aliphatic heterocycles. The fourth-order valence-corrected chi connectivity index (χ4v) is 3.46. The Morgan fingerprint density at radius 3 is 2.33 bits per heavy atom. The van der Waals surface area contributed by atoms with Crippen LogP contribution in [0.5, 0.6) is 28.7 Å². The normalized spacial score (nSPS) is 25.3. The number of hydrogen-bond donors (Lipinski definition) is 2. The summed E-state index contributed by atoms with van der Waals surface area (Å²) in [6.07, 6.45) is -2.95. The van der Waals surface area contributed by atoms with Crippen LogP contribution in [0.2, 0.25) is 0 Å². The van der Waals surface area contributed by atoms with Crippen LogP contribution in [-0.4, -0.2) is 49.7 Å². The van der Waals surface area contributed by atoms with Gasteiger partial charge in [-0.15, -0.1) is 0 Å². The number of fused-ring (bicyclic) bond motifs is 4. The Kier molecular flexibility index (Phi) is 3.90. The predicted molar refractivity (Wildman–Crippen MR) is 91.8 cm³/mol. The number of methoxy groups -OCH3 is 3. The number of ether oxygens (including phenoxy) is 5. The summed E-state index contributed by atoms with van der Waals surface area (Å²) < 4.78 is 26.9. The minimum absolute atomic E-state index is 0.104. The maximum Gasteiger partial charge on any atom is 0.238 e. The van der Waals surface area contributed by atoms with E-state index in [9.17, 15) is 15.0 Å². The van der Waals surface area contributed by atoms with Crippen LogP contribution in [0, 0.1) is 0 Å². The molecule has 0 aliphatic carbocycles. The van der Waals surface area contributed by atoms with Gasteiger partial charge in [-0.2, -0.15) is 0 Å². The third-order valence-electron chi connectivity index (χ3n) is 4.85. The van der Waals surface area contributed by atoms with Gasteiger partial charge in [0.25, 0.3) is 0 Å². The molecule has 2 aromatic carbocycles. The van der Waals surface area contributed by atoms with Crippen molar-refractivity contribution in [2.24, 2.45) is 0 Å². The molecule has 27 heavy (non-hydrogen) atoms. The lowest BCUT2D eigenvalue weighted by Crippen LogP contribution is -2.61. The molecule has 8 heteroatoms. The van der Waals surface area contributed by atoms with Crippen LogP contribution in [0.25, 0.3) is 0 Å². The van der Waals surface area contributed by atoms with E-state index in [1.807, 2.05) is 0 Å². The van der Waals surface area contributed by atoms with Crippen LogP contribution in [0.4, 0.5) is 0 Å². The highest BCUT2D eigenvalue weighted by atomic mass is 16.6. The molecule has 2 aromatic rings. The van der Waals surface area contributed by atoms with Gasteiger partial charge in [-0.1, -0.05) is 0 Å². The number of ketones is 1. The molecule has 4 rings (SSSR count). The van der Waals surface area contributed by atoms with E-state index in [-0.39, 0.29) is 22.6 Å². The zero-order chi connectivity index (χ0) is 19.3. The van der Waals surface area contributed by atoms with Crippen LogP contribution >= 0.6 is 0 Å². The maximum atomic E-state index is 13.2. The molecule has 2 N–H and O–H groups in total. The number of aliphatic hydroxyl groups excluding tert-OH is 1. The molecule has 2 heterocycles. The molecule has 0 bridgehead atoms. The average molecular weight is 374 g/mol. The molecule has 2 aliphatic rings. The van der Waals surface area contributed by atoms with Crippen LogP contribution in [-0.2, 0) is 5.60 Å². The van der Waals surface area contributed by atoms with Gasteiger partial charge in [-0.25, -0.2) is 0 Å². The van der Waals surface area contributed by atoms with Crippen LogP contribution < -0.4 is 23.7 Å². The molecule has 0 spiro atoms. The standard InChI is InChI=1S/C19H18O8/c1-23-9-4-5-10-12(6-9)26-17-18(21)27-13-8-15(25-3)14(24-2)7-11(13)19(17,22)16(10)20/h4-8,17-18,21-22H,1-3H3/t17-,18+,19+/m1/s1. The molecule has 0 unspecified atom stereocenters. The molecule has 0 saturated carbocycles. The average Bonchev–Trinajstić information content (AvgIpc) is 2.68. The number of Topliss-reactive ketones (excluding diaryl/α,β-unsaturated/α-hetero) is 1. The van der Waals surface area contributed by atoms with Crippen molar-refractivity contribution < 1.29 is 38.7 Å². The molecule has 8 nitrogen and oxygen atoms in total. The summed E-state index contributed by atoms with van der Waals surface area (Å²) >= 11 is 0. The number of rotatable bonds is 3. The zero-order valence-electron chi connectivity index (χ0n) is 14.9. The Labute approximate surface area is 154 Å². The Hall–Kier alpha value is -2.97. The lowest BCUT2D eigenvalue weighted by atomic mass is 9.77. The van der Waals surface area contributed by atoms with Crippen molar-refractivity contribution in [1.29, 1.82) is 0 Å². The summed E-state index contributed by atoms with van der Waals surface area (Å²) in [5.41, 5.74) is -1.86. The SMILES string of the molecule is COc1ccc2c(c1)O[C@@H]1[C@@H](O)Oc3cc(OC)c(OC)cc3[C@]1(O)C2=O. The third kappa shape index (κ3) is 2.34. The first-order chi connectivity index (χ1) is 12.9. The largest absolute Gasteiger partial charge is 0.497 e. The number of aliphatic hydroxyl groups is 2. The molecule has 0 saturated heterocycles. The Morgan fingerprint density at radius 2 is 1.67 bits per heavy atom. The number of carbonyl (C=O) groups is 1. The van der Waals surface area contributed by atoms with Crippen LogP contribution in [0.15, 0.2) is 30.3 Å². The highest BCUT2D eigenvalue weighted by Gasteiger charge is 2.59. The van der Waals surface area contributed by atoms with Gasteiger partial charge in [-0.05, 0) is 18.2 Å². The molecular formula is C19H18O8. The zero-order valence-corrected chi connectivity index (χ0v) is 14.9. The first-order valence-corrected chi connectivity index (χ1v) is 8.17. The molecular weight excluding hydrogens is 356 g/mol. The molecule has 0 fully saturated rings. The second-order valence-electron chi connectivity index (χ2n) is 6.21. The van der Waals surface area contributed by atoms with Crippen molar-refractivity contribution in [3.8, 4) is 28.7 Å². The van der Waals surface area contributed by atoms with E-state index in [1.165, 1.54) is 45.6 Å². The van der Waals surface area contributed by atoms with Gasteiger partial charge in [0.15, 0.2) is 17.1 Å². The van der Waals surface area contributed by atoms with Crippen molar-refractivity contribution in [3.05, 3.63) is 41.5 Å². The van der Waals surface area contributed by atoms with Crippen molar-refractivity contribution >= 4 is 5.78 Å². The molecule has 0 aromatic heterocycles. The van der Waals surface area contributed by atoms with Crippen molar-refractivity contribution in [1.82, 2.24) is 0 Å². The predicted octanol–water partition coefficient (Wildman–Crippen LogP) is 1.25. The number of hydrogen-bond acceptors (Lipinski definition) is 8. The van der Waals surface area contributed by atoms with Gasteiger partial charge in [0, 0.05) is 17.7 Å². The topological polar surface area (TPSA) is 104 Å². The first kappa shape index (κ1) is 17.4. The monoisotopic (exact) mass is 374 g/mol.